The number of anilines is 1. The Hall–Kier alpha value is -1.65. The number of hydrogen-bond donors (Lipinski definition) is 1. The summed E-state index contributed by atoms with van der Waals surface area (Å²) in [5.74, 6) is 0.543. The summed E-state index contributed by atoms with van der Waals surface area (Å²) in [6.45, 7) is 3.70. The van der Waals surface area contributed by atoms with Crippen LogP contribution < -0.4 is 4.90 Å². The van der Waals surface area contributed by atoms with Crippen molar-refractivity contribution in [2.24, 2.45) is 5.92 Å². The largest absolute Gasteiger partial charge is 0.481 e. The number of aryl methyl sites for hydroxylation is 1. The smallest absolute Gasteiger partial charge is 0.303 e. The van der Waals surface area contributed by atoms with Crippen molar-refractivity contribution in [3.05, 3.63) is 18.1 Å². The van der Waals surface area contributed by atoms with Crippen molar-refractivity contribution in [1.29, 1.82) is 0 Å². The van der Waals surface area contributed by atoms with Crippen LogP contribution in [0, 0.1) is 12.8 Å². The fourth-order valence-electron chi connectivity index (χ4n) is 2.31. The molecule has 1 aromatic rings. The van der Waals surface area contributed by atoms with Crippen LogP contribution in [0.2, 0.25) is 0 Å². The van der Waals surface area contributed by atoms with Crippen molar-refractivity contribution in [2.75, 3.05) is 18.0 Å². The van der Waals surface area contributed by atoms with Crippen molar-refractivity contribution < 1.29 is 9.90 Å². The molecule has 1 aliphatic rings. The van der Waals surface area contributed by atoms with E-state index in [4.69, 9.17) is 5.11 Å². The van der Waals surface area contributed by atoms with Gasteiger partial charge in [-0.25, -0.2) is 4.98 Å². The molecule has 0 atom stereocenters. The van der Waals surface area contributed by atoms with Crippen LogP contribution in [0.5, 0.6) is 0 Å². The SMILES string of the molecule is Cc1nccnc1N1CCC(CC(=O)O)CC1. The first-order valence-corrected chi connectivity index (χ1v) is 5.91. The Balaban J connectivity index is 1.95. The summed E-state index contributed by atoms with van der Waals surface area (Å²) in [5, 5.41) is 8.76. The van der Waals surface area contributed by atoms with Gasteiger partial charge in [-0.15, -0.1) is 0 Å². The van der Waals surface area contributed by atoms with E-state index in [0.29, 0.717) is 5.92 Å². The number of aliphatic carboxylic acids is 1. The van der Waals surface area contributed by atoms with Gasteiger partial charge in [0, 0.05) is 31.9 Å². The number of carboxylic acid groups (broad SMARTS) is 1. The van der Waals surface area contributed by atoms with Gasteiger partial charge in [0.05, 0.1) is 5.69 Å². The lowest BCUT2D eigenvalue weighted by Crippen LogP contribution is -2.35. The number of piperidine rings is 1. The molecule has 2 heterocycles. The first-order valence-electron chi connectivity index (χ1n) is 5.91. The van der Waals surface area contributed by atoms with Gasteiger partial charge >= 0.3 is 5.97 Å². The zero-order valence-corrected chi connectivity index (χ0v) is 9.96. The fourth-order valence-corrected chi connectivity index (χ4v) is 2.31. The maximum Gasteiger partial charge on any atom is 0.303 e. The molecule has 1 fully saturated rings. The van der Waals surface area contributed by atoms with E-state index in [1.807, 2.05) is 6.92 Å². The van der Waals surface area contributed by atoms with Crippen LogP contribution in [0.3, 0.4) is 0 Å². The van der Waals surface area contributed by atoms with Gasteiger partial charge in [0.25, 0.3) is 0 Å². The topological polar surface area (TPSA) is 66.3 Å². The highest BCUT2D eigenvalue weighted by atomic mass is 16.4. The molecule has 0 aliphatic carbocycles. The zero-order valence-electron chi connectivity index (χ0n) is 9.96. The van der Waals surface area contributed by atoms with Crippen molar-refractivity contribution in [2.45, 2.75) is 26.2 Å². The summed E-state index contributed by atoms with van der Waals surface area (Å²) in [5.41, 5.74) is 0.934. The standard InChI is InChI=1S/C12H17N3O2/c1-9-12(14-5-4-13-9)15-6-2-10(3-7-15)8-11(16)17/h4-5,10H,2-3,6-8H2,1H3,(H,16,17). The predicted molar refractivity (Wildman–Crippen MR) is 64.0 cm³/mol. The van der Waals surface area contributed by atoms with Crippen molar-refractivity contribution >= 4 is 11.8 Å². The number of hydrogen-bond acceptors (Lipinski definition) is 4. The Labute approximate surface area is 100 Å². The Bertz CT molecular complexity index is 400. The molecular formula is C12H17N3O2. The molecule has 0 bridgehead atoms. The van der Waals surface area contributed by atoms with Crippen molar-refractivity contribution in [1.82, 2.24) is 9.97 Å². The number of carboxylic acids is 1. The number of carbonyl (C=O) groups is 1. The molecule has 5 heteroatoms. The molecule has 1 saturated heterocycles. The molecule has 0 unspecified atom stereocenters. The van der Waals surface area contributed by atoms with Crippen molar-refractivity contribution in [3.63, 3.8) is 0 Å². The molecule has 0 amide bonds. The van der Waals surface area contributed by atoms with Crippen molar-refractivity contribution in [3.8, 4) is 0 Å². The van der Waals surface area contributed by atoms with E-state index in [9.17, 15) is 4.79 Å². The summed E-state index contributed by atoms with van der Waals surface area (Å²) in [6, 6.07) is 0. The van der Waals surface area contributed by atoms with Crippen LogP contribution in [-0.4, -0.2) is 34.1 Å². The average Bonchev–Trinajstić information content (AvgIpc) is 2.30. The first-order chi connectivity index (χ1) is 8.16. The second kappa shape index (κ2) is 5.12. The number of nitrogens with zero attached hydrogens (tertiary/aromatic N) is 3. The lowest BCUT2D eigenvalue weighted by atomic mass is 9.93. The Morgan fingerprint density at radius 1 is 1.41 bits per heavy atom. The minimum absolute atomic E-state index is 0.285. The summed E-state index contributed by atoms with van der Waals surface area (Å²) < 4.78 is 0. The monoisotopic (exact) mass is 235 g/mol. The molecule has 92 valence electrons. The second-order valence-electron chi connectivity index (χ2n) is 4.49. The molecule has 1 N–H and O–H groups in total. The minimum Gasteiger partial charge on any atom is -0.481 e. The normalized spacial score (nSPS) is 17.1. The third-order valence-electron chi connectivity index (χ3n) is 3.23. The molecule has 17 heavy (non-hydrogen) atoms. The Morgan fingerprint density at radius 2 is 2.06 bits per heavy atom. The van der Waals surface area contributed by atoms with Gasteiger partial charge in [-0.2, -0.15) is 0 Å². The molecule has 0 aromatic carbocycles. The summed E-state index contributed by atoms with van der Waals surface area (Å²) in [4.78, 5) is 21.4. The van der Waals surface area contributed by atoms with E-state index in [-0.39, 0.29) is 6.42 Å². The highest BCUT2D eigenvalue weighted by Crippen LogP contribution is 2.24. The van der Waals surface area contributed by atoms with Crippen LogP contribution in [0.1, 0.15) is 25.0 Å². The van der Waals surface area contributed by atoms with Gasteiger partial charge in [-0.3, -0.25) is 9.78 Å². The quantitative estimate of drug-likeness (QED) is 0.859. The average molecular weight is 235 g/mol. The third kappa shape index (κ3) is 2.93. The van der Waals surface area contributed by atoms with E-state index in [1.165, 1.54) is 0 Å². The highest BCUT2D eigenvalue weighted by Gasteiger charge is 2.22. The maximum atomic E-state index is 10.6. The van der Waals surface area contributed by atoms with Crippen LogP contribution in [0.25, 0.3) is 0 Å². The van der Waals surface area contributed by atoms with Crippen LogP contribution in [-0.2, 0) is 4.79 Å². The molecular weight excluding hydrogens is 218 g/mol. The van der Waals surface area contributed by atoms with Gasteiger partial charge < -0.3 is 10.0 Å². The number of aromatic nitrogens is 2. The minimum atomic E-state index is -0.695. The fraction of sp³-hybridized carbons (Fsp3) is 0.583. The van der Waals surface area contributed by atoms with Gasteiger partial charge in [0.2, 0.25) is 0 Å². The van der Waals surface area contributed by atoms with Gasteiger partial charge in [-0.1, -0.05) is 0 Å². The zero-order chi connectivity index (χ0) is 12.3. The Kier molecular flexibility index (Phi) is 3.56. The highest BCUT2D eigenvalue weighted by molar-refractivity contribution is 5.67. The molecule has 0 saturated carbocycles. The number of rotatable bonds is 3. The first kappa shape index (κ1) is 11.8. The summed E-state index contributed by atoms with van der Waals surface area (Å²) >= 11 is 0. The van der Waals surface area contributed by atoms with E-state index >= 15 is 0 Å². The van der Waals surface area contributed by atoms with E-state index in [1.54, 1.807) is 12.4 Å². The van der Waals surface area contributed by atoms with E-state index in [0.717, 1.165) is 37.4 Å². The molecule has 0 spiro atoms. The van der Waals surface area contributed by atoms with Gasteiger partial charge in [0.15, 0.2) is 0 Å². The van der Waals surface area contributed by atoms with Crippen LogP contribution in [0.15, 0.2) is 12.4 Å². The molecule has 0 radical (unpaired) electrons. The third-order valence-corrected chi connectivity index (χ3v) is 3.23. The molecule has 2 rings (SSSR count). The second-order valence-corrected chi connectivity index (χ2v) is 4.49. The molecule has 1 aromatic heterocycles. The Morgan fingerprint density at radius 3 is 2.65 bits per heavy atom. The van der Waals surface area contributed by atoms with E-state index in [2.05, 4.69) is 14.9 Å². The maximum absolute atomic E-state index is 10.6. The summed E-state index contributed by atoms with van der Waals surface area (Å²) in [6.07, 6.45) is 5.51. The molecule has 1 aliphatic heterocycles. The van der Waals surface area contributed by atoms with Gasteiger partial charge in [-0.05, 0) is 25.7 Å². The lowest BCUT2D eigenvalue weighted by molar-refractivity contribution is -0.138. The van der Waals surface area contributed by atoms with Gasteiger partial charge in [0.1, 0.15) is 5.82 Å². The van der Waals surface area contributed by atoms with Crippen LogP contribution >= 0.6 is 0 Å². The predicted octanol–water partition coefficient (Wildman–Crippen LogP) is 1.48. The molecule has 5 nitrogen and oxygen atoms in total. The van der Waals surface area contributed by atoms with E-state index < -0.39 is 5.97 Å². The lowest BCUT2D eigenvalue weighted by Gasteiger charge is -2.32. The van der Waals surface area contributed by atoms with Crippen LogP contribution in [0.4, 0.5) is 5.82 Å². The summed E-state index contributed by atoms with van der Waals surface area (Å²) in [7, 11) is 0.